The molecule has 170 valence electrons. The number of aliphatic hydroxyl groups excluding tert-OH is 2. The maximum Gasteiger partial charge on any atom is 0.193 e. The number of carbonyl (C=O) groups excluding carboxylic acids is 2. The summed E-state index contributed by atoms with van der Waals surface area (Å²) in [5.41, 5.74) is -1.05. The van der Waals surface area contributed by atoms with Gasteiger partial charge >= 0.3 is 0 Å². The Morgan fingerprint density at radius 3 is 2.81 bits per heavy atom. The van der Waals surface area contributed by atoms with E-state index < -0.39 is 36.1 Å². The highest BCUT2D eigenvalue weighted by Crippen LogP contribution is 2.69. The predicted octanol–water partition coefficient (Wildman–Crippen LogP) is 2.72. The van der Waals surface area contributed by atoms with Gasteiger partial charge in [0.1, 0.15) is 6.61 Å². The zero-order chi connectivity index (χ0) is 22.2. The molecule has 0 bridgehead atoms. The molecule has 6 heteroatoms. The average molecular weight is 431 g/mol. The minimum atomic E-state index is -1.20. The maximum atomic E-state index is 13.2. The molecule has 0 aromatic heterocycles. The topological polar surface area (TPSA) is 93.1 Å². The van der Waals surface area contributed by atoms with Crippen LogP contribution in [0.25, 0.3) is 0 Å². The summed E-state index contributed by atoms with van der Waals surface area (Å²) in [6.07, 6.45) is 8.31. The average Bonchev–Trinajstić information content (AvgIpc) is 3.20. The van der Waals surface area contributed by atoms with Crippen molar-refractivity contribution in [1.82, 2.24) is 0 Å². The molecule has 0 amide bonds. The Morgan fingerprint density at radius 2 is 2.10 bits per heavy atom. The van der Waals surface area contributed by atoms with Gasteiger partial charge in [0, 0.05) is 16.7 Å². The summed E-state index contributed by atoms with van der Waals surface area (Å²) in [5, 5.41) is 21.4. The lowest BCUT2D eigenvalue weighted by molar-refractivity contribution is -0.200. The van der Waals surface area contributed by atoms with Crippen LogP contribution in [-0.2, 0) is 19.1 Å². The van der Waals surface area contributed by atoms with E-state index in [1.54, 1.807) is 12.2 Å². The Labute approximate surface area is 183 Å². The van der Waals surface area contributed by atoms with E-state index in [0.29, 0.717) is 19.3 Å². The number of hydrogen-bond acceptors (Lipinski definition) is 6. The van der Waals surface area contributed by atoms with E-state index in [1.807, 2.05) is 6.08 Å². The molecule has 0 aromatic rings. The molecule has 5 aliphatic rings. The quantitative estimate of drug-likeness (QED) is 0.712. The highest BCUT2D eigenvalue weighted by molar-refractivity contribution is 6.01. The van der Waals surface area contributed by atoms with Crippen LogP contribution >= 0.6 is 0 Å². The van der Waals surface area contributed by atoms with Crippen molar-refractivity contribution in [2.45, 2.75) is 83.4 Å². The van der Waals surface area contributed by atoms with Gasteiger partial charge in [-0.05, 0) is 56.1 Å². The summed E-state index contributed by atoms with van der Waals surface area (Å²) < 4.78 is 12.7. The molecule has 6 nitrogen and oxygen atoms in total. The van der Waals surface area contributed by atoms with Crippen molar-refractivity contribution >= 4 is 11.6 Å². The van der Waals surface area contributed by atoms with Gasteiger partial charge in [-0.15, -0.1) is 0 Å². The van der Waals surface area contributed by atoms with Crippen LogP contribution in [-0.4, -0.2) is 52.5 Å². The smallest absolute Gasteiger partial charge is 0.193 e. The third-order valence-electron chi connectivity index (χ3n) is 9.37. The van der Waals surface area contributed by atoms with Gasteiger partial charge in [0.05, 0.1) is 12.2 Å². The zero-order valence-electron chi connectivity index (χ0n) is 18.7. The van der Waals surface area contributed by atoms with Crippen LogP contribution < -0.4 is 0 Å². The molecule has 4 aliphatic carbocycles. The zero-order valence-corrected chi connectivity index (χ0v) is 18.7. The third kappa shape index (κ3) is 2.65. The lowest BCUT2D eigenvalue weighted by Gasteiger charge is -2.59. The van der Waals surface area contributed by atoms with Gasteiger partial charge in [-0.3, -0.25) is 9.59 Å². The van der Waals surface area contributed by atoms with Crippen LogP contribution in [0.5, 0.6) is 0 Å². The number of ether oxygens (including phenoxy) is 2. The lowest BCUT2D eigenvalue weighted by atomic mass is 9.46. The fraction of sp³-hybridized carbons (Fsp3) is 0.760. The number of rotatable bonds is 4. The van der Waals surface area contributed by atoms with Gasteiger partial charge in [0.25, 0.3) is 0 Å². The van der Waals surface area contributed by atoms with E-state index in [1.165, 1.54) is 0 Å². The van der Waals surface area contributed by atoms with Crippen molar-refractivity contribution < 1.29 is 29.3 Å². The number of Topliss-reactive ketones (excluding diaryl/α,β-unsaturated/α-hetero) is 1. The van der Waals surface area contributed by atoms with Crippen LogP contribution in [0.1, 0.15) is 59.3 Å². The van der Waals surface area contributed by atoms with Crippen molar-refractivity contribution in [2.75, 3.05) is 6.61 Å². The highest BCUT2D eigenvalue weighted by Gasteiger charge is 2.75. The summed E-state index contributed by atoms with van der Waals surface area (Å²) in [5.74, 6) is 0.0274. The number of aliphatic hydroxyl groups is 2. The molecule has 9 atom stereocenters. The van der Waals surface area contributed by atoms with Crippen molar-refractivity contribution in [1.29, 1.82) is 0 Å². The summed E-state index contributed by atoms with van der Waals surface area (Å²) in [6.45, 7) is 5.67. The minimum Gasteiger partial charge on any atom is -0.393 e. The molecule has 31 heavy (non-hydrogen) atoms. The van der Waals surface area contributed by atoms with Crippen molar-refractivity contribution in [2.24, 2.45) is 28.6 Å². The second kappa shape index (κ2) is 7.08. The molecule has 0 spiro atoms. The van der Waals surface area contributed by atoms with Crippen LogP contribution in [0, 0.1) is 28.6 Å². The maximum absolute atomic E-state index is 13.2. The molecule has 2 N–H and O–H groups in total. The monoisotopic (exact) mass is 430 g/mol. The molecule has 3 saturated carbocycles. The van der Waals surface area contributed by atoms with Crippen molar-refractivity contribution in [3.63, 3.8) is 0 Å². The van der Waals surface area contributed by atoms with E-state index in [0.717, 1.165) is 24.8 Å². The summed E-state index contributed by atoms with van der Waals surface area (Å²) in [4.78, 5) is 25.2. The lowest BCUT2D eigenvalue weighted by Crippen LogP contribution is -2.63. The first-order valence-corrected chi connectivity index (χ1v) is 11.8. The summed E-state index contributed by atoms with van der Waals surface area (Å²) >= 11 is 0. The van der Waals surface area contributed by atoms with E-state index in [4.69, 9.17) is 9.47 Å². The van der Waals surface area contributed by atoms with Crippen molar-refractivity contribution in [3.05, 3.63) is 23.8 Å². The first kappa shape index (κ1) is 21.5. The molecule has 1 aliphatic heterocycles. The molecule has 1 saturated heterocycles. The van der Waals surface area contributed by atoms with Gasteiger partial charge in [0.15, 0.2) is 23.5 Å². The number of hydrogen-bond donors (Lipinski definition) is 2. The Bertz CT molecular complexity index is 862. The number of ketones is 2. The Balaban J connectivity index is 1.55. The standard InChI is InChI=1S/C25H34O6/c1-4-5-21-30-20-11-17-16-7-6-14-10-15(27)8-9-23(14,2)22(16)18(28)12-24(17,3)25(20,31-21)19(29)13-26/h8-10,16-18,20-22,26,28H,4-7,11-13H2,1-3H3/t16-,17?,18?,20+,21?,22?,23-,24-,25+/m0/s1. The van der Waals surface area contributed by atoms with Crippen LogP contribution in [0.15, 0.2) is 23.8 Å². The first-order chi connectivity index (χ1) is 14.7. The molecular formula is C25H34O6. The number of fused-ring (bicyclic) bond motifs is 7. The molecule has 0 radical (unpaired) electrons. The summed E-state index contributed by atoms with van der Waals surface area (Å²) in [7, 11) is 0. The number of carbonyl (C=O) groups is 2. The fourth-order valence-electron chi connectivity index (χ4n) is 8.12. The molecule has 1 heterocycles. The molecule has 5 rings (SSSR count). The van der Waals surface area contributed by atoms with Gasteiger partial charge in [-0.2, -0.15) is 0 Å². The Morgan fingerprint density at radius 1 is 1.32 bits per heavy atom. The minimum absolute atomic E-state index is 0.0125. The normalized spacial score (nSPS) is 50.4. The van der Waals surface area contributed by atoms with Crippen LogP contribution in [0.2, 0.25) is 0 Å². The second-order valence-corrected chi connectivity index (χ2v) is 10.7. The van der Waals surface area contributed by atoms with E-state index >= 15 is 0 Å². The van der Waals surface area contributed by atoms with Gasteiger partial charge in [-0.1, -0.05) is 38.8 Å². The fourth-order valence-corrected chi connectivity index (χ4v) is 8.12. The second-order valence-electron chi connectivity index (χ2n) is 10.7. The highest BCUT2D eigenvalue weighted by atomic mass is 16.7. The summed E-state index contributed by atoms with van der Waals surface area (Å²) in [6, 6.07) is 0. The predicted molar refractivity (Wildman–Crippen MR) is 113 cm³/mol. The Hall–Kier alpha value is -1.34. The number of allylic oxidation sites excluding steroid dienone is 4. The molecule has 4 unspecified atom stereocenters. The van der Waals surface area contributed by atoms with E-state index in [-0.39, 0.29) is 34.7 Å². The SMILES string of the molecule is CCCC1O[C@@H]2CC3[C@@H]4CCC5=CC(=O)C=C[C@]5(C)C4C(O)C[C@]3(C)[C@]2(C(=O)CO)O1. The largest absolute Gasteiger partial charge is 0.393 e. The van der Waals surface area contributed by atoms with Gasteiger partial charge in [0.2, 0.25) is 0 Å². The van der Waals surface area contributed by atoms with E-state index in [9.17, 15) is 19.8 Å². The van der Waals surface area contributed by atoms with E-state index in [2.05, 4.69) is 20.8 Å². The Kier molecular flexibility index (Phi) is 4.91. The van der Waals surface area contributed by atoms with Gasteiger partial charge in [-0.25, -0.2) is 0 Å². The van der Waals surface area contributed by atoms with Crippen LogP contribution in [0.3, 0.4) is 0 Å². The van der Waals surface area contributed by atoms with Gasteiger partial charge < -0.3 is 19.7 Å². The van der Waals surface area contributed by atoms with Crippen molar-refractivity contribution in [3.8, 4) is 0 Å². The van der Waals surface area contributed by atoms with Crippen LogP contribution in [0.4, 0.5) is 0 Å². The molecule has 4 fully saturated rings. The first-order valence-electron chi connectivity index (χ1n) is 11.8. The third-order valence-corrected chi connectivity index (χ3v) is 9.37. The molecule has 0 aromatic carbocycles. The molecular weight excluding hydrogens is 396 g/mol.